The van der Waals surface area contributed by atoms with Crippen LogP contribution in [0.4, 0.5) is 0 Å². The number of aryl methyl sites for hydroxylation is 2. The SMILES string of the molecule is CCC(C)CCc1ccc(C(C)(C)c2ccc(C)cc2)cc1. The lowest BCUT2D eigenvalue weighted by Gasteiger charge is -2.26. The summed E-state index contributed by atoms with van der Waals surface area (Å²) in [7, 11) is 0. The van der Waals surface area contributed by atoms with Gasteiger partial charge in [0.2, 0.25) is 0 Å². The molecule has 0 bridgehead atoms. The molecule has 0 saturated carbocycles. The maximum atomic E-state index is 2.34. The van der Waals surface area contributed by atoms with E-state index in [-0.39, 0.29) is 5.41 Å². The molecule has 2 aromatic carbocycles. The fraction of sp³-hybridized carbons (Fsp3) is 0.455. The first-order chi connectivity index (χ1) is 10.4. The largest absolute Gasteiger partial charge is 0.0651 e. The average molecular weight is 294 g/mol. The fourth-order valence-corrected chi connectivity index (χ4v) is 2.84. The van der Waals surface area contributed by atoms with Gasteiger partial charge in [-0.1, -0.05) is 88.2 Å². The van der Waals surface area contributed by atoms with Crippen LogP contribution in [0, 0.1) is 12.8 Å². The van der Waals surface area contributed by atoms with Crippen molar-refractivity contribution in [2.75, 3.05) is 0 Å². The Morgan fingerprint density at radius 1 is 0.864 bits per heavy atom. The molecule has 0 aliphatic carbocycles. The molecule has 0 saturated heterocycles. The lowest BCUT2D eigenvalue weighted by Crippen LogP contribution is -2.18. The summed E-state index contributed by atoms with van der Waals surface area (Å²) in [5, 5.41) is 0. The summed E-state index contributed by atoms with van der Waals surface area (Å²) in [5.74, 6) is 0.823. The van der Waals surface area contributed by atoms with Gasteiger partial charge in [-0.3, -0.25) is 0 Å². The van der Waals surface area contributed by atoms with E-state index in [1.165, 1.54) is 41.5 Å². The Morgan fingerprint density at radius 3 is 1.86 bits per heavy atom. The van der Waals surface area contributed by atoms with Crippen molar-refractivity contribution in [2.24, 2.45) is 5.92 Å². The summed E-state index contributed by atoms with van der Waals surface area (Å²) in [6.45, 7) is 11.4. The highest BCUT2D eigenvalue weighted by atomic mass is 14.3. The van der Waals surface area contributed by atoms with Gasteiger partial charge in [-0.15, -0.1) is 0 Å². The van der Waals surface area contributed by atoms with Gasteiger partial charge in [0.15, 0.2) is 0 Å². The highest BCUT2D eigenvalue weighted by Gasteiger charge is 2.22. The molecule has 0 heteroatoms. The van der Waals surface area contributed by atoms with Crippen LogP contribution in [0.25, 0.3) is 0 Å². The molecule has 2 rings (SSSR count). The second-order valence-electron chi connectivity index (χ2n) is 7.24. The van der Waals surface area contributed by atoms with Crippen LogP contribution < -0.4 is 0 Å². The molecule has 0 amide bonds. The van der Waals surface area contributed by atoms with E-state index in [9.17, 15) is 0 Å². The Morgan fingerprint density at radius 2 is 1.36 bits per heavy atom. The summed E-state index contributed by atoms with van der Waals surface area (Å²) in [4.78, 5) is 0. The van der Waals surface area contributed by atoms with E-state index < -0.39 is 0 Å². The van der Waals surface area contributed by atoms with Gasteiger partial charge in [0.25, 0.3) is 0 Å². The van der Waals surface area contributed by atoms with Crippen LogP contribution in [0.1, 0.15) is 62.8 Å². The summed E-state index contributed by atoms with van der Waals surface area (Å²) in [6, 6.07) is 18.2. The van der Waals surface area contributed by atoms with Crippen molar-refractivity contribution in [1.29, 1.82) is 0 Å². The minimum Gasteiger partial charge on any atom is -0.0651 e. The molecule has 0 fully saturated rings. The highest BCUT2D eigenvalue weighted by molar-refractivity contribution is 5.39. The molecule has 0 N–H and O–H groups in total. The molecule has 1 atom stereocenters. The first-order valence-electron chi connectivity index (χ1n) is 8.60. The molecule has 0 aliphatic heterocycles. The minimum atomic E-state index is 0.0585. The number of hydrogen-bond donors (Lipinski definition) is 0. The topological polar surface area (TPSA) is 0 Å². The molecular weight excluding hydrogens is 264 g/mol. The summed E-state index contributed by atoms with van der Waals surface area (Å²) < 4.78 is 0. The van der Waals surface area contributed by atoms with Gasteiger partial charge in [-0.25, -0.2) is 0 Å². The zero-order valence-electron chi connectivity index (χ0n) is 14.8. The van der Waals surface area contributed by atoms with Gasteiger partial charge < -0.3 is 0 Å². The molecule has 0 heterocycles. The predicted octanol–water partition coefficient (Wildman–Crippen LogP) is 6.30. The van der Waals surface area contributed by atoms with Gasteiger partial charge in [-0.05, 0) is 42.4 Å². The third kappa shape index (κ3) is 4.00. The van der Waals surface area contributed by atoms with Crippen molar-refractivity contribution in [1.82, 2.24) is 0 Å². The van der Waals surface area contributed by atoms with Gasteiger partial charge >= 0.3 is 0 Å². The first-order valence-corrected chi connectivity index (χ1v) is 8.60. The molecule has 2 aromatic rings. The molecule has 0 aliphatic rings. The molecule has 22 heavy (non-hydrogen) atoms. The maximum absolute atomic E-state index is 2.34. The van der Waals surface area contributed by atoms with Crippen LogP contribution in [-0.2, 0) is 11.8 Å². The van der Waals surface area contributed by atoms with Crippen LogP contribution in [0.2, 0.25) is 0 Å². The summed E-state index contributed by atoms with van der Waals surface area (Å²) >= 11 is 0. The van der Waals surface area contributed by atoms with E-state index in [4.69, 9.17) is 0 Å². The zero-order valence-corrected chi connectivity index (χ0v) is 14.8. The second kappa shape index (κ2) is 7.13. The van der Waals surface area contributed by atoms with Crippen molar-refractivity contribution in [3.8, 4) is 0 Å². The zero-order chi connectivity index (χ0) is 16.2. The third-order valence-electron chi connectivity index (χ3n) is 5.07. The Hall–Kier alpha value is -1.56. The lowest BCUT2D eigenvalue weighted by molar-refractivity contribution is 0.516. The Labute approximate surface area is 136 Å². The van der Waals surface area contributed by atoms with E-state index in [0.29, 0.717) is 0 Å². The lowest BCUT2D eigenvalue weighted by atomic mass is 9.77. The van der Waals surface area contributed by atoms with E-state index >= 15 is 0 Å². The van der Waals surface area contributed by atoms with Gasteiger partial charge in [0.05, 0.1) is 0 Å². The smallest absolute Gasteiger partial charge is 0.0146 e. The number of hydrogen-bond acceptors (Lipinski definition) is 0. The maximum Gasteiger partial charge on any atom is 0.0146 e. The highest BCUT2D eigenvalue weighted by Crippen LogP contribution is 2.31. The molecule has 0 nitrogen and oxygen atoms in total. The number of benzene rings is 2. The molecule has 0 aromatic heterocycles. The van der Waals surface area contributed by atoms with Crippen LogP contribution in [-0.4, -0.2) is 0 Å². The van der Waals surface area contributed by atoms with Crippen molar-refractivity contribution in [3.05, 3.63) is 70.8 Å². The van der Waals surface area contributed by atoms with Crippen molar-refractivity contribution < 1.29 is 0 Å². The summed E-state index contributed by atoms with van der Waals surface area (Å²) in [6.07, 6.45) is 3.76. The van der Waals surface area contributed by atoms with E-state index in [0.717, 1.165) is 5.92 Å². The van der Waals surface area contributed by atoms with Gasteiger partial charge in [0, 0.05) is 5.41 Å². The molecular formula is C22H30. The molecule has 1 unspecified atom stereocenters. The van der Waals surface area contributed by atoms with E-state index in [1.807, 2.05) is 0 Å². The number of rotatable bonds is 6. The van der Waals surface area contributed by atoms with Crippen molar-refractivity contribution >= 4 is 0 Å². The van der Waals surface area contributed by atoms with Crippen molar-refractivity contribution in [3.63, 3.8) is 0 Å². The Balaban J connectivity index is 2.13. The van der Waals surface area contributed by atoms with E-state index in [2.05, 4.69) is 83.1 Å². The predicted molar refractivity (Wildman–Crippen MR) is 97.5 cm³/mol. The van der Waals surface area contributed by atoms with Crippen molar-refractivity contribution in [2.45, 2.75) is 59.3 Å². The van der Waals surface area contributed by atoms with Crippen LogP contribution in [0.5, 0.6) is 0 Å². The molecule has 0 radical (unpaired) electrons. The fourth-order valence-electron chi connectivity index (χ4n) is 2.84. The van der Waals surface area contributed by atoms with Crippen LogP contribution in [0.3, 0.4) is 0 Å². The van der Waals surface area contributed by atoms with Gasteiger partial charge in [-0.2, -0.15) is 0 Å². The normalized spacial score (nSPS) is 13.1. The quantitative estimate of drug-likeness (QED) is 0.586. The van der Waals surface area contributed by atoms with Gasteiger partial charge in [0.1, 0.15) is 0 Å². The Kier molecular flexibility index (Phi) is 5.45. The Bertz CT molecular complexity index is 572. The second-order valence-corrected chi connectivity index (χ2v) is 7.24. The molecule has 0 spiro atoms. The van der Waals surface area contributed by atoms with Crippen LogP contribution >= 0.6 is 0 Å². The minimum absolute atomic E-state index is 0.0585. The molecule has 118 valence electrons. The third-order valence-corrected chi connectivity index (χ3v) is 5.07. The van der Waals surface area contributed by atoms with Crippen LogP contribution in [0.15, 0.2) is 48.5 Å². The first kappa shape index (κ1) is 16.8. The summed E-state index contributed by atoms with van der Waals surface area (Å²) in [5.41, 5.74) is 5.61. The monoisotopic (exact) mass is 294 g/mol. The average Bonchev–Trinajstić information content (AvgIpc) is 2.53. The van der Waals surface area contributed by atoms with E-state index in [1.54, 1.807) is 0 Å². The standard InChI is InChI=1S/C22H30/c1-6-17(2)7-10-19-11-15-21(16-12-19)22(4,5)20-13-8-18(3)9-14-20/h8-9,11-17H,6-7,10H2,1-5H3.